The standard InChI is InChI=1S/C24H35N5OS/c1-2-25-24(27-22-8-10-29(11-9-22)23-7-4-16-31-23)26-18-20-5-3-6-21(17-20)19-28-12-14-30-15-13-28/h3-7,16-17,22H,2,8-15,18-19H2,1H3,(H2,25,26,27). The first-order chi connectivity index (χ1) is 15.3. The lowest BCUT2D eigenvalue weighted by molar-refractivity contribution is 0.0342. The average Bonchev–Trinajstić information content (AvgIpc) is 3.34. The summed E-state index contributed by atoms with van der Waals surface area (Å²) < 4.78 is 5.46. The van der Waals surface area contributed by atoms with Gasteiger partial charge >= 0.3 is 0 Å². The first-order valence-electron chi connectivity index (χ1n) is 11.5. The molecule has 2 fully saturated rings. The Kier molecular flexibility index (Phi) is 8.21. The second kappa shape index (κ2) is 11.5. The van der Waals surface area contributed by atoms with Gasteiger partial charge in [0.15, 0.2) is 5.96 Å². The van der Waals surface area contributed by atoms with Crippen molar-refractivity contribution in [1.82, 2.24) is 15.5 Å². The molecule has 0 bridgehead atoms. The van der Waals surface area contributed by atoms with Crippen LogP contribution in [0.25, 0.3) is 0 Å². The van der Waals surface area contributed by atoms with E-state index in [0.29, 0.717) is 12.6 Å². The highest BCUT2D eigenvalue weighted by molar-refractivity contribution is 7.14. The van der Waals surface area contributed by atoms with Crippen LogP contribution in [0.4, 0.5) is 5.00 Å². The molecular formula is C24H35N5OS. The van der Waals surface area contributed by atoms with E-state index in [9.17, 15) is 0 Å². The van der Waals surface area contributed by atoms with Gasteiger partial charge in [0.1, 0.15) is 0 Å². The Morgan fingerprint density at radius 3 is 2.65 bits per heavy atom. The molecule has 1 aromatic heterocycles. The number of thiophene rings is 1. The number of nitrogens with zero attached hydrogens (tertiary/aromatic N) is 3. The fraction of sp³-hybridized carbons (Fsp3) is 0.542. The Morgan fingerprint density at radius 1 is 1.10 bits per heavy atom. The normalized spacial score (nSPS) is 18.9. The number of guanidine groups is 1. The van der Waals surface area contributed by atoms with E-state index in [2.05, 4.69) is 69.1 Å². The molecule has 1 aromatic carbocycles. The highest BCUT2D eigenvalue weighted by atomic mass is 32.1. The van der Waals surface area contributed by atoms with Crippen molar-refractivity contribution in [3.05, 3.63) is 52.9 Å². The van der Waals surface area contributed by atoms with Crippen LogP contribution in [0.1, 0.15) is 30.9 Å². The molecule has 2 aromatic rings. The lowest BCUT2D eigenvalue weighted by atomic mass is 10.1. The van der Waals surface area contributed by atoms with Crippen LogP contribution in [-0.2, 0) is 17.8 Å². The molecule has 2 N–H and O–H groups in total. The van der Waals surface area contributed by atoms with Crippen molar-refractivity contribution in [2.75, 3.05) is 50.8 Å². The quantitative estimate of drug-likeness (QED) is 0.510. The van der Waals surface area contributed by atoms with E-state index in [1.807, 2.05) is 11.3 Å². The second-order valence-electron chi connectivity index (χ2n) is 8.26. The molecule has 2 aliphatic rings. The van der Waals surface area contributed by atoms with Gasteiger partial charge in [0.2, 0.25) is 0 Å². The number of ether oxygens (including phenoxy) is 1. The number of aliphatic imine (C=N–C) groups is 1. The maximum atomic E-state index is 5.46. The molecule has 0 amide bonds. The number of piperidine rings is 1. The molecule has 4 rings (SSSR count). The minimum absolute atomic E-state index is 0.474. The van der Waals surface area contributed by atoms with Crippen molar-refractivity contribution < 1.29 is 4.74 Å². The fourth-order valence-electron chi connectivity index (χ4n) is 4.22. The Labute approximate surface area is 190 Å². The lowest BCUT2D eigenvalue weighted by Gasteiger charge is -2.33. The summed E-state index contributed by atoms with van der Waals surface area (Å²) in [7, 11) is 0. The lowest BCUT2D eigenvalue weighted by Crippen LogP contribution is -2.48. The monoisotopic (exact) mass is 441 g/mol. The summed E-state index contributed by atoms with van der Waals surface area (Å²) in [5.74, 6) is 0.927. The van der Waals surface area contributed by atoms with Crippen LogP contribution in [0.2, 0.25) is 0 Å². The summed E-state index contributed by atoms with van der Waals surface area (Å²) in [4.78, 5) is 9.84. The maximum absolute atomic E-state index is 5.46. The molecule has 31 heavy (non-hydrogen) atoms. The largest absolute Gasteiger partial charge is 0.379 e. The van der Waals surface area contributed by atoms with Crippen LogP contribution >= 0.6 is 11.3 Å². The van der Waals surface area contributed by atoms with Crippen LogP contribution in [0.3, 0.4) is 0 Å². The smallest absolute Gasteiger partial charge is 0.191 e. The highest BCUT2D eigenvalue weighted by Crippen LogP contribution is 2.24. The number of rotatable bonds is 7. The zero-order valence-corrected chi connectivity index (χ0v) is 19.4. The van der Waals surface area contributed by atoms with Gasteiger partial charge in [-0.1, -0.05) is 24.3 Å². The average molecular weight is 442 g/mol. The van der Waals surface area contributed by atoms with Crippen LogP contribution in [0.5, 0.6) is 0 Å². The van der Waals surface area contributed by atoms with E-state index in [-0.39, 0.29) is 0 Å². The predicted octanol–water partition coefficient (Wildman–Crippen LogP) is 3.30. The molecule has 0 aliphatic carbocycles. The molecular weight excluding hydrogens is 406 g/mol. The van der Waals surface area contributed by atoms with E-state index < -0.39 is 0 Å². The summed E-state index contributed by atoms with van der Waals surface area (Å²) in [5, 5.41) is 10.6. The maximum Gasteiger partial charge on any atom is 0.191 e. The molecule has 3 heterocycles. The Balaban J connectivity index is 1.30. The topological polar surface area (TPSA) is 52.1 Å². The van der Waals surface area contributed by atoms with Crippen LogP contribution in [-0.4, -0.2) is 62.8 Å². The fourth-order valence-corrected chi connectivity index (χ4v) is 5.01. The van der Waals surface area contributed by atoms with E-state index in [1.165, 1.54) is 16.1 Å². The van der Waals surface area contributed by atoms with Gasteiger partial charge in [0, 0.05) is 45.3 Å². The van der Waals surface area contributed by atoms with Gasteiger partial charge in [-0.05, 0) is 48.4 Å². The van der Waals surface area contributed by atoms with Gasteiger partial charge in [0.25, 0.3) is 0 Å². The zero-order chi connectivity index (χ0) is 21.3. The third kappa shape index (κ3) is 6.69. The molecule has 0 atom stereocenters. The molecule has 2 saturated heterocycles. The summed E-state index contributed by atoms with van der Waals surface area (Å²) in [6, 6.07) is 13.7. The molecule has 0 saturated carbocycles. The molecule has 0 radical (unpaired) electrons. The van der Waals surface area contributed by atoms with E-state index in [1.54, 1.807) is 0 Å². The minimum atomic E-state index is 0.474. The number of anilines is 1. The highest BCUT2D eigenvalue weighted by Gasteiger charge is 2.20. The Bertz CT molecular complexity index is 811. The SMILES string of the molecule is CCNC(=NCc1cccc(CN2CCOCC2)c1)NC1CCN(c2cccs2)CC1. The molecule has 0 spiro atoms. The molecule has 0 unspecified atom stereocenters. The number of benzene rings is 1. The van der Waals surface area contributed by atoms with E-state index in [0.717, 1.165) is 71.3 Å². The van der Waals surface area contributed by atoms with Crippen molar-refractivity contribution in [1.29, 1.82) is 0 Å². The van der Waals surface area contributed by atoms with E-state index >= 15 is 0 Å². The van der Waals surface area contributed by atoms with Crippen molar-refractivity contribution in [3.8, 4) is 0 Å². The van der Waals surface area contributed by atoms with Gasteiger partial charge < -0.3 is 20.3 Å². The van der Waals surface area contributed by atoms with Crippen molar-refractivity contribution in [2.24, 2.45) is 4.99 Å². The zero-order valence-electron chi connectivity index (χ0n) is 18.6. The minimum Gasteiger partial charge on any atom is -0.379 e. The first kappa shape index (κ1) is 22.1. The Morgan fingerprint density at radius 2 is 1.90 bits per heavy atom. The van der Waals surface area contributed by atoms with Crippen LogP contribution < -0.4 is 15.5 Å². The van der Waals surface area contributed by atoms with Gasteiger partial charge in [0.05, 0.1) is 24.8 Å². The summed E-state index contributed by atoms with van der Waals surface area (Å²) in [6.45, 7) is 10.6. The first-order valence-corrected chi connectivity index (χ1v) is 12.4. The van der Waals surface area contributed by atoms with Gasteiger partial charge in [-0.25, -0.2) is 4.99 Å². The molecule has 7 heteroatoms. The van der Waals surface area contributed by atoms with Crippen molar-refractivity contribution >= 4 is 22.3 Å². The predicted molar refractivity (Wildman–Crippen MR) is 130 cm³/mol. The third-order valence-corrected chi connectivity index (χ3v) is 6.85. The van der Waals surface area contributed by atoms with Crippen LogP contribution in [0, 0.1) is 0 Å². The number of morpholine rings is 1. The van der Waals surface area contributed by atoms with Gasteiger partial charge in [-0.3, -0.25) is 4.90 Å². The summed E-state index contributed by atoms with van der Waals surface area (Å²) >= 11 is 1.83. The van der Waals surface area contributed by atoms with Crippen molar-refractivity contribution in [2.45, 2.75) is 38.9 Å². The van der Waals surface area contributed by atoms with Crippen molar-refractivity contribution in [3.63, 3.8) is 0 Å². The number of hydrogen-bond donors (Lipinski definition) is 2. The number of hydrogen-bond acceptors (Lipinski definition) is 5. The third-order valence-electron chi connectivity index (χ3n) is 5.92. The molecule has 6 nitrogen and oxygen atoms in total. The van der Waals surface area contributed by atoms with Gasteiger partial charge in [-0.15, -0.1) is 11.3 Å². The summed E-state index contributed by atoms with van der Waals surface area (Å²) in [5.41, 5.74) is 2.61. The van der Waals surface area contributed by atoms with Crippen LogP contribution in [0.15, 0.2) is 46.8 Å². The number of nitrogens with one attached hydrogen (secondary N) is 2. The molecule has 168 valence electrons. The second-order valence-corrected chi connectivity index (χ2v) is 9.19. The Hall–Kier alpha value is -2.09. The summed E-state index contributed by atoms with van der Waals surface area (Å²) in [6.07, 6.45) is 2.27. The molecule has 2 aliphatic heterocycles. The van der Waals surface area contributed by atoms with E-state index in [4.69, 9.17) is 9.73 Å². The van der Waals surface area contributed by atoms with Gasteiger partial charge in [-0.2, -0.15) is 0 Å².